The minimum atomic E-state index is -4.82. The molecule has 0 unspecified atom stereocenters. The fraction of sp³-hybridized carbons (Fsp3) is 0.320. The summed E-state index contributed by atoms with van der Waals surface area (Å²) in [4.78, 5) is 29.5. The van der Waals surface area contributed by atoms with Gasteiger partial charge in [-0.05, 0) is 51.0 Å². The molecule has 0 bridgehead atoms. The van der Waals surface area contributed by atoms with E-state index in [0.717, 1.165) is 25.0 Å². The highest BCUT2D eigenvalue weighted by Gasteiger charge is 2.39. The molecule has 1 atom stereocenters. The van der Waals surface area contributed by atoms with Crippen molar-refractivity contribution in [3.05, 3.63) is 64.6 Å². The molecule has 38 heavy (non-hydrogen) atoms. The lowest BCUT2D eigenvalue weighted by atomic mass is 10.1. The van der Waals surface area contributed by atoms with Crippen LogP contribution in [0.2, 0.25) is 5.02 Å². The van der Waals surface area contributed by atoms with Crippen LogP contribution in [0.15, 0.2) is 36.5 Å². The van der Waals surface area contributed by atoms with Crippen molar-refractivity contribution < 1.29 is 41.0 Å². The number of ether oxygens (including phenoxy) is 2. The van der Waals surface area contributed by atoms with Gasteiger partial charge < -0.3 is 19.4 Å². The number of imidazole rings is 1. The Bertz CT molecular complexity index is 1370. The van der Waals surface area contributed by atoms with Crippen LogP contribution in [0.1, 0.15) is 53.7 Å². The fourth-order valence-corrected chi connectivity index (χ4v) is 3.79. The van der Waals surface area contributed by atoms with Crippen LogP contribution in [-0.4, -0.2) is 40.3 Å². The maximum absolute atomic E-state index is 15.3. The number of carbonyl (C=O) groups is 2. The van der Waals surface area contributed by atoms with Gasteiger partial charge in [0.25, 0.3) is 5.91 Å². The quantitative estimate of drug-likeness (QED) is 0.250. The molecular formula is C25H21ClF5N3O4. The number of aromatic nitrogens is 2. The second-order valence-corrected chi connectivity index (χ2v) is 8.90. The first-order valence-electron chi connectivity index (χ1n) is 11.5. The number of nitrogens with one attached hydrogen (secondary N) is 1. The van der Waals surface area contributed by atoms with Gasteiger partial charge in [-0.15, -0.1) is 0 Å². The number of nitrogens with zero attached hydrogens (tertiary/aromatic N) is 2. The summed E-state index contributed by atoms with van der Waals surface area (Å²) >= 11 is 5.92. The average Bonchev–Trinajstić information content (AvgIpc) is 3.59. The molecule has 1 amide bonds. The zero-order valence-electron chi connectivity index (χ0n) is 20.0. The van der Waals surface area contributed by atoms with Crippen LogP contribution in [0.4, 0.5) is 27.6 Å². The summed E-state index contributed by atoms with van der Waals surface area (Å²) in [6.07, 6.45) is -4.32. The van der Waals surface area contributed by atoms with E-state index in [9.17, 15) is 27.2 Å². The van der Waals surface area contributed by atoms with Gasteiger partial charge in [0, 0.05) is 17.8 Å². The monoisotopic (exact) mass is 557 g/mol. The third kappa shape index (κ3) is 5.74. The summed E-state index contributed by atoms with van der Waals surface area (Å²) < 4.78 is 81.0. The van der Waals surface area contributed by atoms with Crippen LogP contribution < -0.4 is 10.1 Å². The highest BCUT2D eigenvalue weighted by Crippen LogP contribution is 2.39. The lowest BCUT2D eigenvalue weighted by Gasteiger charge is -2.20. The third-order valence-electron chi connectivity index (χ3n) is 5.69. The van der Waals surface area contributed by atoms with Crippen molar-refractivity contribution in [3.8, 4) is 17.0 Å². The van der Waals surface area contributed by atoms with Crippen molar-refractivity contribution in [1.29, 1.82) is 0 Å². The maximum atomic E-state index is 15.3. The van der Waals surface area contributed by atoms with Crippen molar-refractivity contribution in [1.82, 2.24) is 9.55 Å². The molecule has 1 N–H and O–H groups in total. The number of hydrogen-bond donors (Lipinski definition) is 1. The highest BCUT2D eigenvalue weighted by molar-refractivity contribution is 6.34. The number of esters is 1. The predicted octanol–water partition coefficient (Wildman–Crippen LogP) is 6.58. The number of para-hydroxylation sites is 1. The molecule has 3 aromatic rings. The predicted molar refractivity (Wildman–Crippen MR) is 127 cm³/mol. The number of alkyl halides is 3. The summed E-state index contributed by atoms with van der Waals surface area (Å²) in [5.41, 5.74) is -1.49. The van der Waals surface area contributed by atoms with Gasteiger partial charge in [-0.3, -0.25) is 4.79 Å². The van der Waals surface area contributed by atoms with Crippen LogP contribution >= 0.6 is 11.6 Å². The lowest BCUT2D eigenvalue weighted by Crippen LogP contribution is -2.32. The Hall–Kier alpha value is -3.67. The van der Waals surface area contributed by atoms with Gasteiger partial charge >= 0.3 is 12.1 Å². The van der Waals surface area contributed by atoms with Crippen molar-refractivity contribution in [2.75, 3.05) is 11.9 Å². The second kappa shape index (κ2) is 10.6. The number of carbonyl (C=O) groups excluding carboxylic acids is 2. The Morgan fingerprint density at radius 3 is 2.53 bits per heavy atom. The van der Waals surface area contributed by atoms with Gasteiger partial charge in [0.1, 0.15) is 17.4 Å². The van der Waals surface area contributed by atoms with Gasteiger partial charge in [-0.2, -0.15) is 13.2 Å². The maximum Gasteiger partial charge on any atom is 0.425 e. The molecule has 13 heteroatoms. The van der Waals surface area contributed by atoms with E-state index < -0.39 is 52.8 Å². The van der Waals surface area contributed by atoms with Crippen LogP contribution in [0.3, 0.4) is 0 Å². The van der Waals surface area contributed by atoms with E-state index in [0.29, 0.717) is 13.0 Å². The Morgan fingerprint density at radius 2 is 1.92 bits per heavy atom. The van der Waals surface area contributed by atoms with E-state index in [4.69, 9.17) is 21.1 Å². The van der Waals surface area contributed by atoms with Crippen LogP contribution in [0, 0.1) is 11.6 Å². The molecule has 0 saturated heterocycles. The van der Waals surface area contributed by atoms with E-state index in [1.165, 1.54) is 22.9 Å². The molecule has 0 radical (unpaired) electrons. The number of rotatable bonds is 8. The van der Waals surface area contributed by atoms with E-state index in [1.54, 1.807) is 6.92 Å². The van der Waals surface area contributed by atoms with E-state index in [2.05, 4.69) is 10.3 Å². The summed E-state index contributed by atoms with van der Waals surface area (Å²) in [5, 5.41) is 1.96. The van der Waals surface area contributed by atoms with Gasteiger partial charge in [-0.25, -0.2) is 18.6 Å². The molecule has 1 aliphatic rings. The van der Waals surface area contributed by atoms with Gasteiger partial charge in [0.05, 0.1) is 28.6 Å². The van der Waals surface area contributed by atoms with E-state index in [-0.39, 0.29) is 34.8 Å². The molecule has 202 valence electrons. The normalized spacial score (nSPS) is 14.2. The Kier molecular flexibility index (Phi) is 7.63. The first-order valence-corrected chi connectivity index (χ1v) is 11.9. The average molecular weight is 558 g/mol. The van der Waals surface area contributed by atoms with Gasteiger partial charge in [-0.1, -0.05) is 17.7 Å². The number of hydrogen-bond acceptors (Lipinski definition) is 5. The molecular weight excluding hydrogens is 537 g/mol. The largest absolute Gasteiger partial charge is 0.480 e. The summed E-state index contributed by atoms with van der Waals surface area (Å²) in [6.45, 7) is 2.38. The molecule has 1 fully saturated rings. The smallest absolute Gasteiger partial charge is 0.425 e. The van der Waals surface area contributed by atoms with Crippen LogP contribution in [-0.2, 0) is 4.74 Å². The van der Waals surface area contributed by atoms with Crippen LogP contribution in [0.25, 0.3) is 11.3 Å². The molecule has 1 saturated carbocycles. The molecule has 0 aliphatic heterocycles. The Labute approximate surface area is 218 Å². The first kappa shape index (κ1) is 27.4. The minimum Gasteiger partial charge on any atom is -0.480 e. The van der Waals surface area contributed by atoms with Crippen molar-refractivity contribution in [3.63, 3.8) is 0 Å². The van der Waals surface area contributed by atoms with Gasteiger partial charge in [0.2, 0.25) is 5.82 Å². The molecule has 7 nitrogen and oxygen atoms in total. The van der Waals surface area contributed by atoms with Crippen molar-refractivity contribution in [2.24, 2.45) is 0 Å². The Morgan fingerprint density at radius 1 is 1.21 bits per heavy atom. The second-order valence-electron chi connectivity index (χ2n) is 8.49. The standard InChI is InChI=1S/C25H21ClF5N3O4/c1-3-37-24(36)22-32-19(11-34(22)13-7-8-13)14-10-20(38-12(2)25(29,30)31)15(9-18(14)28)23(35)33-21-16(26)5-4-6-17(21)27/h4-6,9-13H,3,7-8H2,1-2H3,(H,33,35)/t12-/m0/s1. The highest BCUT2D eigenvalue weighted by atomic mass is 35.5. The topological polar surface area (TPSA) is 82.5 Å². The van der Waals surface area contributed by atoms with Crippen molar-refractivity contribution in [2.45, 2.75) is 45.0 Å². The fourth-order valence-electron chi connectivity index (χ4n) is 3.58. The van der Waals surface area contributed by atoms with E-state index >= 15 is 4.39 Å². The molecule has 1 heterocycles. The Balaban J connectivity index is 1.79. The SMILES string of the molecule is CCOC(=O)c1nc(-c2cc(O[C@@H](C)C(F)(F)F)c(C(=O)Nc3c(F)cccc3Cl)cc2F)cn1C1CC1. The summed E-state index contributed by atoms with van der Waals surface area (Å²) in [7, 11) is 0. The third-order valence-corrected chi connectivity index (χ3v) is 6.00. The molecule has 1 aromatic heterocycles. The number of anilines is 1. The molecule has 1 aliphatic carbocycles. The van der Waals surface area contributed by atoms with Crippen molar-refractivity contribution >= 4 is 29.2 Å². The number of amides is 1. The zero-order valence-corrected chi connectivity index (χ0v) is 20.8. The summed E-state index contributed by atoms with van der Waals surface area (Å²) in [5.74, 6) is -4.60. The number of benzene rings is 2. The minimum absolute atomic E-state index is 0.0599. The van der Waals surface area contributed by atoms with Crippen LogP contribution in [0.5, 0.6) is 5.75 Å². The lowest BCUT2D eigenvalue weighted by molar-refractivity contribution is -0.189. The van der Waals surface area contributed by atoms with E-state index in [1.807, 2.05) is 0 Å². The number of halogens is 6. The van der Waals surface area contributed by atoms with Gasteiger partial charge in [0.15, 0.2) is 6.10 Å². The zero-order chi connectivity index (χ0) is 27.8. The first-order chi connectivity index (χ1) is 17.9. The molecule has 4 rings (SSSR count). The molecule has 2 aromatic carbocycles. The molecule has 0 spiro atoms. The summed E-state index contributed by atoms with van der Waals surface area (Å²) in [6, 6.07) is 5.04.